The molecule has 1 aliphatic rings. The number of nitrogens with zero attached hydrogens (tertiary/aromatic N) is 2. The Morgan fingerprint density at radius 2 is 2.47 bits per heavy atom. The van der Waals surface area contributed by atoms with E-state index >= 15 is 0 Å². The van der Waals surface area contributed by atoms with E-state index in [9.17, 15) is 5.11 Å². The van der Waals surface area contributed by atoms with Crippen molar-refractivity contribution in [3.05, 3.63) is 6.33 Å². The van der Waals surface area contributed by atoms with Gasteiger partial charge in [0.25, 0.3) is 0 Å². The van der Waals surface area contributed by atoms with Crippen molar-refractivity contribution in [2.24, 2.45) is 0 Å². The summed E-state index contributed by atoms with van der Waals surface area (Å²) in [4.78, 5) is 4.17. The molecule has 2 unspecified atom stereocenters. The Labute approximate surface area is 110 Å². The maximum Gasteiger partial charge on any atom is 0.170 e. The fraction of sp³-hybridized carbons (Fsp3) is 0.818. The molecule has 0 aromatic carbocycles. The average Bonchev–Trinajstić information content (AvgIpc) is 2.92. The van der Waals surface area contributed by atoms with Crippen molar-refractivity contribution < 1.29 is 5.11 Å². The van der Waals surface area contributed by atoms with E-state index in [-0.39, 0.29) is 12.1 Å². The molecular weight excluding hydrogens is 254 g/mol. The van der Waals surface area contributed by atoms with Gasteiger partial charge >= 0.3 is 0 Å². The lowest BCUT2D eigenvalue weighted by Gasteiger charge is -2.31. The van der Waals surface area contributed by atoms with Gasteiger partial charge in [-0.05, 0) is 37.7 Å². The standard InChI is InChI=1S/C11H19N3OS2/c1-8(16-10-12-7-13-17-10)5-11(2,6-15)14-9-3-4-9/h7-9,14-15H,3-6H2,1-2H3. The summed E-state index contributed by atoms with van der Waals surface area (Å²) in [5.41, 5.74) is -0.168. The highest BCUT2D eigenvalue weighted by molar-refractivity contribution is 8.01. The highest BCUT2D eigenvalue weighted by atomic mass is 32.2. The molecule has 0 spiro atoms. The molecule has 0 bridgehead atoms. The van der Waals surface area contributed by atoms with Crippen LogP contribution in [0.25, 0.3) is 0 Å². The van der Waals surface area contributed by atoms with Crippen LogP contribution in [0.15, 0.2) is 10.7 Å². The van der Waals surface area contributed by atoms with Gasteiger partial charge in [-0.15, -0.1) is 0 Å². The quantitative estimate of drug-likeness (QED) is 0.743. The van der Waals surface area contributed by atoms with Gasteiger partial charge in [0.2, 0.25) is 0 Å². The van der Waals surface area contributed by atoms with Gasteiger partial charge in [-0.1, -0.05) is 18.7 Å². The van der Waals surface area contributed by atoms with Crippen molar-refractivity contribution in [1.82, 2.24) is 14.7 Å². The molecule has 0 aliphatic heterocycles. The second-order valence-electron chi connectivity index (χ2n) is 4.98. The molecule has 2 N–H and O–H groups in total. The van der Waals surface area contributed by atoms with Gasteiger partial charge in [-0.3, -0.25) is 0 Å². The Hall–Kier alpha value is -0.170. The largest absolute Gasteiger partial charge is 0.394 e. The molecule has 4 nitrogen and oxygen atoms in total. The maximum atomic E-state index is 9.54. The van der Waals surface area contributed by atoms with Crippen LogP contribution in [-0.2, 0) is 0 Å². The Morgan fingerprint density at radius 3 is 3.00 bits per heavy atom. The van der Waals surface area contributed by atoms with Crippen LogP contribution < -0.4 is 5.32 Å². The number of thioether (sulfide) groups is 1. The summed E-state index contributed by atoms with van der Waals surface area (Å²) in [5.74, 6) is 0. The minimum Gasteiger partial charge on any atom is -0.394 e. The number of hydrogen-bond donors (Lipinski definition) is 2. The zero-order chi connectivity index (χ0) is 12.3. The summed E-state index contributed by atoms with van der Waals surface area (Å²) in [5, 5.41) is 13.5. The lowest BCUT2D eigenvalue weighted by atomic mass is 9.97. The van der Waals surface area contributed by atoms with Crippen LogP contribution in [0.4, 0.5) is 0 Å². The van der Waals surface area contributed by atoms with Gasteiger partial charge in [-0.2, -0.15) is 4.37 Å². The zero-order valence-corrected chi connectivity index (χ0v) is 11.9. The van der Waals surface area contributed by atoms with Gasteiger partial charge in [0, 0.05) is 16.8 Å². The average molecular weight is 273 g/mol. The molecule has 2 rings (SSSR count). The third kappa shape index (κ3) is 4.21. The molecule has 1 saturated carbocycles. The Balaban J connectivity index is 1.84. The Kier molecular flexibility index (Phi) is 4.41. The van der Waals surface area contributed by atoms with Crippen LogP contribution in [0.5, 0.6) is 0 Å². The fourth-order valence-electron chi connectivity index (χ4n) is 1.95. The third-order valence-corrected chi connectivity index (χ3v) is 4.71. The predicted octanol–water partition coefficient (Wildman–Crippen LogP) is 1.91. The number of aliphatic hydroxyl groups excluding tert-OH is 1. The summed E-state index contributed by atoms with van der Waals surface area (Å²) >= 11 is 3.16. The molecule has 0 saturated heterocycles. The second kappa shape index (κ2) is 5.65. The van der Waals surface area contributed by atoms with E-state index in [0.29, 0.717) is 11.3 Å². The van der Waals surface area contributed by atoms with Crippen molar-refractivity contribution in [3.8, 4) is 0 Å². The normalized spacial score (nSPS) is 21.1. The number of hydrogen-bond acceptors (Lipinski definition) is 6. The first-order valence-corrected chi connectivity index (χ1v) is 7.58. The first-order valence-electron chi connectivity index (χ1n) is 5.93. The van der Waals surface area contributed by atoms with E-state index < -0.39 is 0 Å². The first-order chi connectivity index (χ1) is 8.11. The van der Waals surface area contributed by atoms with Crippen LogP contribution in [0.1, 0.15) is 33.1 Å². The van der Waals surface area contributed by atoms with Crippen molar-refractivity contribution >= 4 is 23.3 Å². The number of aromatic nitrogens is 2. The smallest absolute Gasteiger partial charge is 0.170 e. The molecule has 1 aromatic heterocycles. The van der Waals surface area contributed by atoms with Crippen molar-refractivity contribution in [2.45, 2.75) is 54.3 Å². The van der Waals surface area contributed by atoms with Gasteiger partial charge in [0.1, 0.15) is 6.33 Å². The van der Waals surface area contributed by atoms with Crippen molar-refractivity contribution in [3.63, 3.8) is 0 Å². The molecule has 17 heavy (non-hydrogen) atoms. The van der Waals surface area contributed by atoms with Gasteiger partial charge in [0.05, 0.1) is 6.61 Å². The molecule has 96 valence electrons. The molecule has 0 radical (unpaired) electrons. The molecule has 2 atom stereocenters. The first kappa shape index (κ1) is 13.3. The minimum absolute atomic E-state index is 0.168. The summed E-state index contributed by atoms with van der Waals surface area (Å²) in [7, 11) is 0. The highest BCUT2D eigenvalue weighted by Crippen LogP contribution is 2.31. The topological polar surface area (TPSA) is 58.0 Å². The second-order valence-corrected chi connectivity index (χ2v) is 7.44. The Morgan fingerprint density at radius 1 is 1.71 bits per heavy atom. The van der Waals surface area contributed by atoms with Crippen molar-refractivity contribution in [1.29, 1.82) is 0 Å². The molecule has 1 fully saturated rings. The third-order valence-electron chi connectivity index (χ3n) is 2.86. The van der Waals surface area contributed by atoms with Gasteiger partial charge in [-0.25, -0.2) is 4.98 Å². The van der Waals surface area contributed by atoms with E-state index in [0.717, 1.165) is 10.8 Å². The predicted molar refractivity (Wildman–Crippen MR) is 71.5 cm³/mol. The minimum atomic E-state index is -0.168. The van der Waals surface area contributed by atoms with Gasteiger partial charge < -0.3 is 10.4 Å². The van der Waals surface area contributed by atoms with E-state index in [4.69, 9.17) is 0 Å². The van der Waals surface area contributed by atoms with Crippen LogP contribution >= 0.6 is 23.3 Å². The number of aliphatic hydroxyl groups is 1. The molecule has 1 aliphatic carbocycles. The van der Waals surface area contributed by atoms with Crippen LogP contribution in [0.3, 0.4) is 0 Å². The summed E-state index contributed by atoms with van der Waals surface area (Å²) in [6.07, 6.45) is 5.01. The van der Waals surface area contributed by atoms with E-state index in [1.165, 1.54) is 24.4 Å². The Bertz CT molecular complexity index is 342. The molecule has 0 amide bonds. The molecule has 1 heterocycles. The number of nitrogens with one attached hydrogen (secondary N) is 1. The van der Waals surface area contributed by atoms with E-state index in [1.807, 2.05) is 0 Å². The van der Waals surface area contributed by atoms with E-state index in [1.54, 1.807) is 18.1 Å². The molecule has 1 aromatic rings. The summed E-state index contributed by atoms with van der Waals surface area (Å²) < 4.78 is 5.00. The fourth-order valence-corrected chi connectivity index (χ4v) is 3.93. The molecule has 6 heteroatoms. The highest BCUT2D eigenvalue weighted by Gasteiger charge is 2.33. The van der Waals surface area contributed by atoms with Gasteiger partial charge in [0.15, 0.2) is 4.34 Å². The maximum absolute atomic E-state index is 9.54. The monoisotopic (exact) mass is 273 g/mol. The van der Waals surface area contributed by atoms with Crippen LogP contribution in [0, 0.1) is 0 Å². The summed E-state index contributed by atoms with van der Waals surface area (Å²) in [6, 6.07) is 0.617. The van der Waals surface area contributed by atoms with Crippen LogP contribution in [-0.4, -0.2) is 37.9 Å². The lowest BCUT2D eigenvalue weighted by molar-refractivity contribution is 0.164. The summed E-state index contributed by atoms with van der Waals surface area (Å²) in [6.45, 7) is 4.46. The zero-order valence-electron chi connectivity index (χ0n) is 10.2. The van der Waals surface area contributed by atoms with Crippen molar-refractivity contribution in [2.75, 3.05) is 6.61 Å². The van der Waals surface area contributed by atoms with E-state index in [2.05, 4.69) is 28.5 Å². The molecular formula is C11H19N3OS2. The van der Waals surface area contributed by atoms with Crippen LogP contribution in [0.2, 0.25) is 0 Å². The SMILES string of the molecule is CC(CC(C)(CO)NC1CC1)Sc1ncns1. The lowest BCUT2D eigenvalue weighted by Crippen LogP contribution is -2.48. The number of rotatable bonds is 7.